The number of rotatable bonds is 5. The third kappa shape index (κ3) is 5.35. The minimum Gasteiger partial charge on any atom is -0.497 e. The predicted octanol–water partition coefficient (Wildman–Crippen LogP) is 4.45. The van der Waals surface area contributed by atoms with Crippen LogP contribution in [-0.4, -0.2) is 34.1 Å². The number of nitrogens with two attached hydrogens (primary N) is 1. The van der Waals surface area contributed by atoms with Crippen LogP contribution in [0.3, 0.4) is 0 Å². The Balaban J connectivity index is 1.91. The number of alkyl halides is 3. The molecule has 0 radical (unpaired) electrons. The molecule has 1 fully saturated rings. The Kier molecular flexibility index (Phi) is 6.31. The second-order valence-corrected chi connectivity index (χ2v) is 9.09. The van der Waals surface area contributed by atoms with Crippen LogP contribution in [0.4, 0.5) is 5.95 Å². The first kappa shape index (κ1) is 20.4. The molecule has 0 aliphatic heterocycles. The molecule has 3 rings (SSSR count). The number of benzene rings is 1. The van der Waals surface area contributed by atoms with Gasteiger partial charge in [-0.3, -0.25) is 0 Å². The summed E-state index contributed by atoms with van der Waals surface area (Å²) < 4.78 is 3.50. The lowest BCUT2D eigenvalue weighted by molar-refractivity contribution is 0.310. The number of hydrogen-bond donors (Lipinski definition) is 2. The summed E-state index contributed by atoms with van der Waals surface area (Å²) in [5.41, 5.74) is 6.94. The SMILES string of the molecule is COc1cccc(-c2nc(NCC3(N)CCCCC3)nc(C(Cl)(Cl)Cl)n2)c1. The monoisotopic (exact) mass is 429 g/mol. The molecule has 1 aromatic carbocycles. The zero-order chi connectivity index (χ0) is 19.5. The first-order valence-electron chi connectivity index (χ1n) is 8.80. The molecule has 2 aromatic rings. The van der Waals surface area contributed by atoms with E-state index < -0.39 is 3.79 Å². The molecule has 1 aliphatic rings. The maximum atomic E-state index is 6.49. The van der Waals surface area contributed by atoms with Crippen LogP contribution >= 0.6 is 34.8 Å². The summed E-state index contributed by atoms with van der Waals surface area (Å²) in [6, 6.07) is 7.35. The van der Waals surface area contributed by atoms with E-state index in [2.05, 4.69) is 20.3 Å². The van der Waals surface area contributed by atoms with Crippen LogP contribution in [0.15, 0.2) is 24.3 Å². The highest BCUT2D eigenvalue weighted by Crippen LogP contribution is 2.37. The van der Waals surface area contributed by atoms with E-state index in [0.717, 1.165) is 31.2 Å². The van der Waals surface area contributed by atoms with Crippen molar-refractivity contribution in [1.29, 1.82) is 0 Å². The smallest absolute Gasteiger partial charge is 0.250 e. The Morgan fingerprint density at radius 2 is 1.89 bits per heavy atom. The van der Waals surface area contributed by atoms with E-state index in [9.17, 15) is 0 Å². The van der Waals surface area contributed by atoms with Crippen molar-refractivity contribution in [1.82, 2.24) is 15.0 Å². The van der Waals surface area contributed by atoms with Crippen molar-refractivity contribution in [2.75, 3.05) is 19.0 Å². The Labute approximate surface area is 173 Å². The summed E-state index contributed by atoms with van der Waals surface area (Å²) in [5.74, 6) is 1.46. The van der Waals surface area contributed by atoms with Crippen LogP contribution in [0, 0.1) is 0 Å². The Morgan fingerprint density at radius 1 is 1.15 bits per heavy atom. The highest BCUT2D eigenvalue weighted by atomic mass is 35.6. The second kappa shape index (κ2) is 8.35. The zero-order valence-corrected chi connectivity index (χ0v) is 17.3. The fourth-order valence-corrected chi connectivity index (χ4v) is 3.41. The number of nitrogens with one attached hydrogen (secondary N) is 1. The molecule has 1 saturated carbocycles. The van der Waals surface area contributed by atoms with Crippen molar-refractivity contribution in [3.8, 4) is 17.1 Å². The van der Waals surface area contributed by atoms with Gasteiger partial charge in [-0.05, 0) is 25.0 Å². The highest BCUT2D eigenvalue weighted by Gasteiger charge is 2.30. The normalized spacial score (nSPS) is 16.8. The molecule has 1 heterocycles. The van der Waals surface area contributed by atoms with Crippen molar-refractivity contribution >= 4 is 40.8 Å². The molecule has 0 spiro atoms. The van der Waals surface area contributed by atoms with Gasteiger partial charge in [0.05, 0.1) is 7.11 Å². The molecule has 3 N–H and O–H groups in total. The van der Waals surface area contributed by atoms with E-state index in [1.807, 2.05) is 24.3 Å². The van der Waals surface area contributed by atoms with E-state index >= 15 is 0 Å². The van der Waals surface area contributed by atoms with Crippen LogP contribution < -0.4 is 15.8 Å². The van der Waals surface area contributed by atoms with Gasteiger partial charge < -0.3 is 15.8 Å². The topological polar surface area (TPSA) is 86.0 Å². The predicted molar refractivity (Wildman–Crippen MR) is 110 cm³/mol. The number of halogens is 3. The molecule has 9 heteroatoms. The van der Waals surface area contributed by atoms with Crippen molar-refractivity contribution < 1.29 is 4.74 Å². The van der Waals surface area contributed by atoms with Gasteiger partial charge in [0.25, 0.3) is 0 Å². The molecule has 0 unspecified atom stereocenters. The summed E-state index contributed by atoms with van der Waals surface area (Å²) in [6.45, 7) is 0.549. The van der Waals surface area contributed by atoms with Crippen molar-refractivity contribution in [3.63, 3.8) is 0 Å². The lowest BCUT2D eigenvalue weighted by Gasteiger charge is -2.33. The van der Waals surface area contributed by atoms with E-state index in [4.69, 9.17) is 45.3 Å². The third-order valence-corrected chi connectivity index (χ3v) is 5.17. The minimum absolute atomic E-state index is 0.0533. The average Bonchev–Trinajstić information content (AvgIpc) is 2.66. The van der Waals surface area contributed by atoms with Gasteiger partial charge in [-0.15, -0.1) is 0 Å². The largest absolute Gasteiger partial charge is 0.497 e. The van der Waals surface area contributed by atoms with E-state index in [1.54, 1.807) is 7.11 Å². The molecule has 0 amide bonds. The number of ether oxygens (including phenoxy) is 1. The fraction of sp³-hybridized carbons (Fsp3) is 0.500. The second-order valence-electron chi connectivity index (χ2n) is 6.81. The lowest BCUT2D eigenvalue weighted by atomic mass is 9.82. The maximum Gasteiger partial charge on any atom is 0.250 e. The summed E-state index contributed by atoms with van der Waals surface area (Å²) >= 11 is 18.1. The Morgan fingerprint density at radius 3 is 2.56 bits per heavy atom. The number of methoxy groups -OCH3 is 1. The quantitative estimate of drug-likeness (QED) is 0.682. The van der Waals surface area contributed by atoms with Crippen LogP contribution in [0.2, 0.25) is 0 Å². The van der Waals surface area contributed by atoms with Crippen LogP contribution in [0.25, 0.3) is 11.4 Å². The number of anilines is 1. The van der Waals surface area contributed by atoms with Gasteiger partial charge in [0, 0.05) is 17.6 Å². The Hall–Kier alpha value is -1.34. The first-order valence-corrected chi connectivity index (χ1v) is 9.93. The van der Waals surface area contributed by atoms with Gasteiger partial charge in [0.15, 0.2) is 11.6 Å². The van der Waals surface area contributed by atoms with Gasteiger partial charge in [0.1, 0.15) is 5.75 Å². The third-order valence-electron chi connectivity index (χ3n) is 4.66. The number of aromatic nitrogens is 3. The molecule has 27 heavy (non-hydrogen) atoms. The van der Waals surface area contributed by atoms with Gasteiger partial charge >= 0.3 is 0 Å². The molecular formula is C18H22Cl3N5O. The maximum absolute atomic E-state index is 6.49. The molecular weight excluding hydrogens is 409 g/mol. The summed E-state index contributed by atoms with van der Waals surface area (Å²) in [4.78, 5) is 13.1. The molecule has 0 bridgehead atoms. The van der Waals surface area contributed by atoms with Crippen molar-refractivity contribution in [2.45, 2.75) is 41.4 Å². The lowest BCUT2D eigenvalue weighted by Crippen LogP contribution is -2.47. The van der Waals surface area contributed by atoms with Crippen molar-refractivity contribution in [2.24, 2.45) is 5.73 Å². The van der Waals surface area contributed by atoms with E-state index in [1.165, 1.54) is 6.42 Å². The molecule has 0 saturated heterocycles. The molecule has 146 valence electrons. The standard InChI is InChI=1S/C18H22Cl3N5O/c1-27-13-7-5-6-12(10-13)14-24-15(18(19,20)21)26-16(25-14)23-11-17(22)8-3-2-4-9-17/h5-7,10H,2-4,8-9,11,22H2,1H3,(H,23,24,25,26). The van der Waals surface area contributed by atoms with Gasteiger partial charge in [-0.1, -0.05) is 66.2 Å². The minimum atomic E-state index is -1.77. The zero-order valence-electron chi connectivity index (χ0n) is 15.0. The van der Waals surface area contributed by atoms with Gasteiger partial charge in [-0.25, -0.2) is 4.98 Å². The van der Waals surface area contributed by atoms with E-state index in [-0.39, 0.29) is 11.4 Å². The summed E-state index contributed by atoms with van der Waals surface area (Å²) in [6.07, 6.45) is 5.41. The average molecular weight is 431 g/mol. The first-order chi connectivity index (χ1) is 12.8. The Bertz CT molecular complexity index is 791. The van der Waals surface area contributed by atoms with Crippen LogP contribution in [-0.2, 0) is 3.79 Å². The molecule has 1 aliphatic carbocycles. The molecule has 0 atom stereocenters. The van der Waals surface area contributed by atoms with E-state index in [0.29, 0.717) is 24.1 Å². The molecule has 6 nitrogen and oxygen atoms in total. The summed E-state index contributed by atoms with van der Waals surface area (Å²) in [7, 11) is 1.59. The van der Waals surface area contributed by atoms with Gasteiger partial charge in [-0.2, -0.15) is 9.97 Å². The van der Waals surface area contributed by atoms with Gasteiger partial charge in [0.2, 0.25) is 9.74 Å². The fourth-order valence-electron chi connectivity index (χ4n) is 3.16. The summed E-state index contributed by atoms with van der Waals surface area (Å²) in [5, 5.41) is 3.21. The molecule has 1 aromatic heterocycles. The highest BCUT2D eigenvalue weighted by molar-refractivity contribution is 6.66. The number of hydrogen-bond acceptors (Lipinski definition) is 6. The van der Waals surface area contributed by atoms with Crippen molar-refractivity contribution in [3.05, 3.63) is 30.1 Å². The number of nitrogens with zero attached hydrogens (tertiary/aromatic N) is 3. The van der Waals surface area contributed by atoms with Crippen LogP contribution in [0.5, 0.6) is 5.75 Å². The van der Waals surface area contributed by atoms with Crippen LogP contribution in [0.1, 0.15) is 37.9 Å².